The summed E-state index contributed by atoms with van der Waals surface area (Å²) >= 11 is 5.06. The lowest BCUT2D eigenvalue weighted by molar-refractivity contribution is -0.129. The minimum Gasteiger partial charge on any atom is -0.497 e. The first kappa shape index (κ1) is 22.2. The lowest BCUT2D eigenvalue weighted by Crippen LogP contribution is -2.50. The van der Waals surface area contributed by atoms with E-state index in [1.54, 1.807) is 36.3 Å². The zero-order valence-electron chi connectivity index (χ0n) is 17.1. The van der Waals surface area contributed by atoms with Gasteiger partial charge < -0.3 is 15.0 Å². The van der Waals surface area contributed by atoms with Gasteiger partial charge in [-0.25, -0.2) is 0 Å². The topological polar surface area (TPSA) is 99.8 Å². The Hall–Kier alpha value is -3.46. The molecule has 0 aromatic heterocycles. The third kappa shape index (κ3) is 6.51. The molecule has 1 heterocycles. The van der Waals surface area contributed by atoms with E-state index < -0.39 is 5.92 Å². The first-order valence-electron chi connectivity index (χ1n) is 9.79. The molecule has 3 rings (SSSR count). The maximum absolute atomic E-state index is 12.4. The van der Waals surface area contributed by atoms with Crippen molar-refractivity contribution in [1.82, 2.24) is 21.1 Å². The number of rotatable bonds is 6. The van der Waals surface area contributed by atoms with E-state index in [4.69, 9.17) is 17.0 Å². The van der Waals surface area contributed by atoms with Crippen LogP contribution in [0.25, 0.3) is 0 Å². The maximum atomic E-state index is 12.4. The van der Waals surface area contributed by atoms with Crippen molar-refractivity contribution in [2.24, 2.45) is 5.92 Å². The molecule has 8 nitrogen and oxygen atoms in total. The normalized spacial score (nSPS) is 15.3. The lowest BCUT2D eigenvalue weighted by atomic mass is 10.1. The number of carbonyl (C=O) groups excluding carboxylic acids is 3. The van der Waals surface area contributed by atoms with Crippen molar-refractivity contribution in [3.05, 3.63) is 65.7 Å². The maximum Gasteiger partial charge on any atom is 0.243 e. The van der Waals surface area contributed by atoms with Crippen molar-refractivity contribution in [3.63, 3.8) is 0 Å². The molecule has 1 saturated heterocycles. The Bertz CT molecular complexity index is 950. The number of carbonyl (C=O) groups is 3. The van der Waals surface area contributed by atoms with Gasteiger partial charge in [0.2, 0.25) is 17.7 Å². The van der Waals surface area contributed by atoms with E-state index in [9.17, 15) is 14.4 Å². The minimum absolute atomic E-state index is 0.0164. The van der Waals surface area contributed by atoms with Gasteiger partial charge in [0.25, 0.3) is 0 Å². The average Bonchev–Trinajstić information content (AvgIpc) is 3.13. The molecule has 0 spiro atoms. The second-order valence-electron chi connectivity index (χ2n) is 7.18. The van der Waals surface area contributed by atoms with Gasteiger partial charge in [-0.2, -0.15) is 0 Å². The zero-order chi connectivity index (χ0) is 22.2. The van der Waals surface area contributed by atoms with Gasteiger partial charge in [0.1, 0.15) is 5.75 Å². The summed E-state index contributed by atoms with van der Waals surface area (Å²) in [5.74, 6) is -0.518. The van der Waals surface area contributed by atoms with Crippen molar-refractivity contribution >= 4 is 35.1 Å². The minimum atomic E-state index is -0.485. The number of amides is 3. The molecule has 2 aromatic rings. The largest absolute Gasteiger partial charge is 0.497 e. The summed E-state index contributed by atoms with van der Waals surface area (Å²) in [5.41, 5.74) is 6.81. The lowest BCUT2D eigenvalue weighted by Gasteiger charge is -2.17. The number of benzene rings is 2. The third-order valence-electron chi connectivity index (χ3n) is 4.88. The highest BCUT2D eigenvalue weighted by atomic mass is 32.1. The quantitative estimate of drug-likeness (QED) is 0.463. The number of nitrogens with one attached hydrogen (secondary N) is 3. The molecular formula is C22H24N4O4S. The van der Waals surface area contributed by atoms with E-state index in [0.717, 1.165) is 11.1 Å². The molecule has 1 aliphatic rings. The Balaban J connectivity index is 1.40. The van der Waals surface area contributed by atoms with Gasteiger partial charge >= 0.3 is 0 Å². The van der Waals surface area contributed by atoms with Gasteiger partial charge in [0.05, 0.1) is 19.4 Å². The van der Waals surface area contributed by atoms with Gasteiger partial charge in [0.15, 0.2) is 5.11 Å². The van der Waals surface area contributed by atoms with Gasteiger partial charge in [-0.3, -0.25) is 25.2 Å². The fraction of sp³-hybridized carbons (Fsp3) is 0.273. The molecule has 0 aliphatic carbocycles. The van der Waals surface area contributed by atoms with Crippen molar-refractivity contribution < 1.29 is 19.1 Å². The van der Waals surface area contributed by atoms with Crippen LogP contribution in [-0.2, 0) is 27.3 Å². The smallest absolute Gasteiger partial charge is 0.243 e. The summed E-state index contributed by atoms with van der Waals surface area (Å²) < 4.78 is 5.08. The Labute approximate surface area is 185 Å². The van der Waals surface area contributed by atoms with Gasteiger partial charge in [-0.05, 0) is 35.5 Å². The molecule has 9 heteroatoms. The number of likely N-dealkylation sites (tertiary alicyclic amines) is 1. The van der Waals surface area contributed by atoms with E-state index in [0.29, 0.717) is 18.8 Å². The fourth-order valence-electron chi connectivity index (χ4n) is 3.26. The first-order chi connectivity index (χ1) is 14.9. The molecule has 1 unspecified atom stereocenters. The molecule has 1 aliphatic heterocycles. The van der Waals surface area contributed by atoms with Crippen LogP contribution in [0, 0.1) is 5.92 Å². The molecule has 0 radical (unpaired) electrons. The predicted octanol–water partition coefficient (Wildman–Crippen LogP) is 1.31. The van der Waals surface area contributed by atoms with Crippen LogP contribution in [0.2, 0.25) is 0 Å². The van der Waals surface area contributed by atoms with Gasteiger partial charge in [-0.15, -0.1) is 0 Å². The molecule has 0 saturated carbocycles. The first-order valence-corrected chi connectivity index (χ1v) is 10.2. The molecule has 162 valence electrons. The van der Waals surface area contributed by atoms with E-state index in [-0.39, 0.29) is 35.7 Å². The number of ether oxygens (including phenoxy) is 1. The number of hydrogen-bond donors (Lipinski definition) is 3. The van der Waals surface area contributed by atoms with Crippen molar-refractivity contribution in [3.8, 4) is 5.75 Å². The van der Waals surface area contributed by atoms with E-state index in [1.165, 1.54) is 0 Å². The monoisotopic (exact) mass is 440 g/mol. The molecular weight excluding hydrogens is 416 g/mol. The standard InChI is InChI=1S/C22H24N4O4S/c1-30-18-9-7-15(8-10-18)11-19(27)23-22(31)25-24-21(29)17-12-20(28)26(14-17)13-16-5-3-2-4-6-16/h2-10,17H,11-14H2,1H3,(H,24,29)(H2,23,25,27,31). The van der Waals surface area contributed by atoms with Gasteiger partial charge in [0, 0.05) is 19.5 Å². The summed E-state index contributed by atoms with van der Waals surface area (Å²) in [6, 6.07) is 16.7. The number of methoxy groups -OCH3 is 1. The Morgan fingerprint density at radius 1 is 1.06 bits per heavy atom. The van der Waals surface area contributed by atoms with Crippen molar-refractivity contribution in [2.75, 3.05) is 13.7 Å². The number of hydrazine groups is 1. The predicted molar refractivity (Wildman–Crippen MR) is 119 cm³/mol. The van der Waals surface area contributed by atoms with Crippen LogP contribution < -0.4 is 20.9 Å². The molecule has 31 heavy (non-hydrogen) atoms. The number of hydrogen-bond acceptors (Lipinski definition) is 5. The molecule has 3 amide bonds. The second kappa shape index (κ2) is 10.5. The SMILES string of the molecule is COc1ccc(CC(=O)NC(=S)NNC(=O)C2CC(=O)N(Cc3ccccc3)C2)cc1. The van der Waals surface area contributed by atoms with Crippen LogP contribution in [0.5, 0.6) is 5.75 Å². The second-order valence-corrected chi connectivity index (χ2v) is 7.59. The zero-order valence-corrected chi connectivity index (χ0v) is 17.9. The van der Waals surface area contributed by atoms with Crippen LogP contribution in [-0.4, -0.2) is 41.4 Å². The Morgan fingerprint density at radius 2 is 1.77 bits per heavy atom. The summed E-state index contributed by atoms with van der Waals surface area (Å²) in [6.45, 7) is 0.800. The molecule has 3 N–H and O–H groups in total. The summed E-state index contributed by atoms with van der Waals surface area (Å²) in [7, 11) is 1.57. The molecule has 2 aromatic carbocycles. The van der Waals surface area contributed by atoms with Gasteiger partial charge in [-0.1, -0.05) is 42.5 Å². The summed E-state index contributed by atoms with van der Waals surface area (Å²) in [6.07, 6.45) is 0.266. The Kier molecular flexibility index (Phi) is 7.55. The van der Waals surface area contributed by atoms with E-state index in [1.807, 2.05) is 30.3 Å². The van der Waals surface area contributed by atoms with Crippen LogP contribution in [0.15, 0.2) is 54.6 Å². The third-order valence-corrected chi connectivity index (χ3v) is 5.08. The molecule has 1 atom stereocenters. The van der Waals surface area contributed by atoms with E-state index >= 15 is 0 Å². The number of nitrogens with zero attached hydrogens (tertiary/aromatic N) is 1. The van der Waals surface area contributed by atoms with Crippen LogP contribution in [0.1, 0.15) is 17.5 Å². The van der Waals surface area contributed by atoms with Crippen LogP contribution in [0.4, 0.5) is 0 Å². The Morgan fingerprint density at radius 3 is 2.45 bits per heavy atom. The molecule has 0 bridgehead atoms. The summed E-state index contributed by atoms with van der Waals surface area (Å²) in [5, 5.41) is 2.49. The highest BCUT2D eigenvalue weighted by Crippen LogP contribution is 2.20. The number of thiocarbonyl (C=S) groups is 1. The van der Waals surface area contributed by atoms with Crippen molar-refractivity contribution in [2.45, 2.75) is 19.4 Å². The molecule has 1 fully saturated rings. The van der Waals surface area contributed by atoms with E-state index in [2.05, 4.69) is 16.2 Å². The van der Waals surface area contributed by atoms with Crippen molar-refractivity contribution in [1.29, 1.82) is 0 Å². The summed E-state index contributed by atoms with van der Waals surface area (Å²) in [4.78, 5) is 38.4. The highest BCUT2D eigenvalue weighted by Gasteiger charge is 2.34. The fourth-order valence-corrected chi connectivity index (χ4v) is 3.42. The highest BCUT2D eigenvalue weighted by molar-refractivity contribution is 7.80. The van der Waals surface area contributed by atoms with Crippen LogP contribution in [0.3, 0.4) is 0 Å². The van der Waals surface area contributed by atoms with Crippen LogP contribution >= 0.6 is 12.2 Å². The average molecular weight is 441 g/mol.